The van der Waals surface area contributed by atoms with Crippen molar-refractivity contribution in [1.29, 1.82) is 0 Å². The minimum absolute atomic E-state index is 0.567. The van der Waals surface area contributed by atoms with Gasteiger partial charge in [0.05, 0.1) is 5.56 Å². The van der Waals surface area contributed by atoms with Gasteiger partial charge < -0.3 is 4.42 Å². The Bertz CT molecular complexity index is 3240. The Morgan fingerprint density at radius 1 is 0.321 bits per heavy atom. The molecule has 0 saturated heterocycles. The van der Waals surface area contributed by atoms with E-state index in [1.54, 1.807) is 11.3 Å². The number of furan rings is 1. The van der Waals surface area contributed by atoms with Gasteiger partial charge in [-0.3, -0.25) is 0 Å². The molecule has 4 nitrogen and oxygen atoms in total. The van der Waals surface area contributed by atoms with Gasteiger partial charge in [-0.25, -0.2) is 15.0 Å². The Morgan fingerprint density at radius 3 is 1.48 bits per heavy atom. The van der Waals surface area contributed by atoms with Gasteiger partial charge in [0.25, 0.3) is 0 Å². The topological polar surface area (TPSA) is 51.8 Å². The minimum Gasteiger partial charge on any atom is -0.455 e. The highest BCUT2D eigenvalue weighted by molar-refractivity contribution is 7.26. The summed E-state index contributed by atoms with van der Waals surface area (Å²) in [6.45, 7) is 0. The maximum absolute atomic E-state index is 6.81. The Labute approximate surface area is 327 Å². The molecule has 0 N–H and O–H groups in total. The van der Waals surface area contributed by atoms with Crippen molar-refractivity contribution in [3.63, 3.8) is 0 Å². The molecule has 0 aliphatic rings. The summed E-state index contributed by atoms with van der Waals surface area (Å²) in [5, 5.41) is 4.48. The van der Waals surface area contributed by atoms with E-state index in [9.17, 15) is 0 Å². The molecule has 11 aromatic rings. The molecule has 0 fully saturated rings. The first kappa shape index (κ1) is 32.2. The average molecular weight is 734 g/mol. The van der Waals surface area contributed by atoms with Gasteiger partial charge in [0.1, 0.15) is 11.2 Å². The van der Waals surface area contributed by atoms with Crippen LogP contribution in [-0.2, 0) is 0 Å². The normalized spacial score (nSPS) is 11.6. The zero-order valence-electron chi connectivity index (χ0n) is 30.1. The van der Waals surface area contributed by atoms with Crippen molar-refractivity contribution in [2.24, 2.45) is 0 Å². The van der Waals surface area contributed by atoms with Crippen LogP contribution >= 0.6 is 11.3 Å². The van der Waals surface area contributed by atoms with Gasteiger partial charge in [0.2, 0.25) is 0 Å². The summed E-state index contributed by atoms with van der Waals surface area (Å²) in [6, 6.07) is 65.6. The van der Waals surface area contributed by atoms with Crippen molar-refractivity contribution in [3.8, 4) is 67.5 Å². The maximum Gasteiger partial charge on any atom is 0.167 e. The lowest BCUT2D eigenvalue weighted by molar-refractivity contribution is 0.670. The Hall–Kier alpha value is -7.21. The fourth-order valence-electron chi connectivity index (χ4n) is 7.92. The van der Waals surface area contributed by atoms with Crippen molar-refractivity contribution < 1.29 is 4.42 Å². The molecule has 5 heteroatoms. The van der Waals surface area contributed by atoms with E-state index in [1.807, 2.05) is 36.4 Å². The first-order valence-corrected chi connectivity index (χ1v) is 19.5. The summed E-state index contributed by atoms with van der Waals surface area (Å²) in [6.07, 6.45) is 0. The van der Waals surface area contributed by atoms with Crippen molar-refractivity contribution in [1.82, 2.24) is 15.0 Å². The van der Waals surface area contributed by atoms with E-state index in [2.05, 4.69) is 152 Å². The molecule has 0 spiro atoms. The smallest absolute Gasteiger partial charge is 0.167 e. The van der Waals surface area contributed by atoms with Crippen molar-refractivity contribution in [3.05, 3.63) is 188 Å². The predicted molar refractivity (Wildman–Crippen MR) is 233 cm³/mol. The predicted octanol–water partition coefficient (Wildman–Crippen LogP) is 14.1. The highest BCUT2D eigenvalue weighted by atomic mass is 32.1. The summed E-state index contributed by atoms with van der Waals surface area (Å²) < 4.78 is 9.17. The van der Waals surface area contributed by atoms with Crippen LogP contribution < -0.4 is 0 Å². The molecule has 3 aromatic heterocycles. The molecule has 0 radical (unpaired) electrons. The zero-order chi connectivity index (χ0) is 37.0. The largest absolute Gasteiger partial charge is 0.455 e. The van der Waals surface area contributed by atoms with Crippen molar-refractivity contribution in [2.75, 3.05) is 0 Å². The molecule has 0 aliphatic carbocycles. The molecule has 0 saturated carbocycles. The fourth-order valence-corrected chi connectivity index (χ4v) is 9.17. The molecule has 0 bridgehead atoms. The first-order chi connectivity index (χ1) is 27.8. The van der Waals surface area contributed by atoms with E-state index < -0.39 is 0 Å². The summed E-state index contributed by atoms with van der Waals surface area (Å²) in [5.41, 5.74) is 11.3. The quantitative estimate of drug-likeness (QED) is 0.171. The minimum atomic E-state index is 0.567. The Kier molecular flexibility index (Phi) is 7.64. The second-order valence-corrected chi connectivity index (χ2v) is 15.0. The van der Waals surface area contributed by atoms with E-state index in [0.717, 1.165) is 54.5 Å². The number of nitrogens with zero attached hydrogens (tertiary/aromatic N) is 3. The first-order valence-electron chi connectivity index (χ1n) is 18.7. The number of benzene rings is 8. The molecule has 0 aliphatic heterocycles. The lowest BCUT2D eigenvalue weighted by Gasteiger charge is -2.10. The molecule has 56 heavy (non-hydrogen) atoms. The molecule has 0 atom stereocenters. The van der Waals surface area contributed by atoms with Crippen LogP contribution in [0.3, 0.4) is 0 Å². The third-order valence-electron chi connectivity index (χ3n) is 10.6. The van der Waals surface area contributed by atoms with Crippen molar-refractivity contribution >= 4 is 53.4 Å². The highest BCUT2D eigenvalue weighted by Crippen LogP contribution is 2.43. The number of hydrogen-bond donors (Lipinski definition) is 0. The van der Waals surface area contributed by atoms with Gasteiger partial charge in [0, 0.05) is 47.6 Å². The molecule has 3 heterocycles. The van der Waals surface area contributed by atoms with Crippen LogP contribution in [-0.4, -0.2) is 15.0 Å². The number of rotatable bonds is 6. The number of fused-ring (bicyclic) bond motifs is 6. The van der Waals surface area contributed by atoms with E-state index in [1.165, 1.54) is 37.7 Å². The van der Waals surface area contributed by atoms with Gasteiger partial charge >= 0.3 is 0 Å². The van der Waals surface area contributed by atoms with E-state index in [-0.39, 0.29) is 0 Å². The van der Waals surface area contributed by atoms with Crippen LogP contribution in [0, 0.1) is 0 Å². The Balaban J connectivity index is 1.10. The van der Waals surface area contributed by atoms with Crippen LogP contribution in [0.1, 0.15) is 0 Å². The Morgan fingerprint density at radius 2 is 0.804 bits per heavy atom. The second-order valence-electron chi connectivity index (χ2n) is 13.9. The van der Waals surface area contributed by atoms with E-state index in [4.69, 9.17) is 19.4 Å². The lowest BCUT2D eigenvalue weighted by Crippen LogP contribution is -2.00. The monoisotopic (exact) mass is 733 g/mol. The molecule has 0 amide bonds. The van der Waals surface area contributed by atoms with Crippen LogP contribution in [0.15, 0.2) is 192 Å². The number of para-hydroxylation sites is 2. The molecular weight excluding hydrogens is 703 g/mol. The lowest BCUT2D eigenvalue weighted by atomic mass is 9.94. The van der Waals surface area contributed by atoms with Crippen LogP contribution in [0.4, 0.5) is 0 Å². The summed E-state index contributed by atoms with van der Waals surface area (Å²) in [5.74, 6) is 1.80. The van der Waals surface area contributed by atoms with Gasteiger partial charge in [-0.1, -0.05) is 170 Å². The van der Waals surface area contributed by atoms with Crippen molar-refractivity contribution in [2.45, 2.75) is 0 Å². The van der Waals surface area contributed by atoms with E-state index >= 15 is 0 Å². The van der Waals surface area contributed by atoms with Crippen LogP contribution in [0.2, 0.25) is 0 Å². The molecule has 262 valence electrons. The molecule has 0 unspecified atom stereocenters. The molecule has 11 rings (SSSR count). The summed E-state index contributed by atoms with van der Waals surface area (Å²) in [4.78, 5) is 15.5. The fraction of sp³-hybridized carbons (Fsp3) is 0. The van der Waals surface area contributed by atoms with Gasteiger partial charge in [-0.15, -0.1) is 11.3 Å². The van der Waals surface area contributed by atoms with Gasteiger partial charge in [-0.05, 0) is 46.0 Å². The number of thiophene rings is 1. The maximum atomic E-state index is 6.81. The summed E-state index contributed by atoms with van der Waals surface area (Å²) >= 11 is 1.78. The third-order valence-corrected chi connectivity index (χ3v) is 11.8. The second kappa shape index (κ2) is 13.3. The summed E-state index contributed by atoms with van der Waals surface area (Å²) in [7, 11) is 0. The SMILES string of the molecule is c1ccc(-c2nc(-c3cccc4c3oc3c(-c5ccccc5)cccc34)nc(-c3cccc4c3sc3cc(-c5ccccc5-c5ccccc5)ccc34)n2)cc1. The third kappa shape index (κ3) is 5.40. The number of aromatic nitrogens is 3. The van der Waals surface area contributed by atoms with Gasteiger partial charge in [-0.2, -0.15) is 0 Å². The molecule has 8 aromatic carbocycles. The van der Waals surface area contributed by atoms with Crippen LogP contribution in [0.5, 0.6) is 0 Å². The standard InChI is InChI=1S/C51H31N3OS/c1-4-15-32(16-5-1)36-21-10-11-22-37(36)35-29-30-39-42-26-14-28-44(48(42)56-45(39)31-35)51-53-49(34-19-8-3-9-20-34)52-50(54-51)43-27-13-25-41-40-24-12-23-38(46(40)55-47(41)43)33-17-6-2-7-18-33/h1-31H. The van der Waals surface area contributed by atoms with Crippen LogP contribution in [0.25, 0.3) is 110 Å². The van der Waals surface area contributed by atoms with E-state index in [0.29, 0.717) is 17.5 Å². The molecular formula is C51H31N3OS. The zero-order valence-corrected chi connectivity index (χ0v) is 30.9. The number of hydrogen-bond acceptors (Lipinski definition) is 5. The average Bonchev–Trinajstić information content (AvgIpc) is 3.85. The van der Waals surface area contributed by atoms with Gasteiger partial charge in [0.15, 0.2) is 17.5 Å². The highest BCUT2D eigenvalue weighted by Gasteiger charge is 2.21.